The molecule has 4 nitrogen and oxygen atoms in total. The first kappa shape index (κ1) is 14.6. The fraction of sp³-hybridized carbons (Fsp3) is 0.500. The second-order valence-electron chi connectivity index (χ2n) is 5.45. The van der Waals surface area contributed by atoms with Gasteiger partial charge in [0.2, 0.25) is 11.7 Å². The molecule has 0 bridgehead atoms. The van der Waals surface area contributed by atoms with E-state index in [-0.39, 0.29) is 0 Å². The van der Waals surface area contributed by atoms with E-state index in [2.05, 4.69) is 41.3 Å². The van der Waals surface area contributed by atoms with Crippen molar-refractivity contribution in [1.29, 1.82) is 0 Å². The molecule has 1 aliphatic carbocycles. The Labute approximate surface area is 129 Å². The summed E-state index contributed by atoms with van der Waals surface area (Å²) in [6.07, 6.45) is 3.48. The smallest absolute Gasteiger partial charge is 0.230 e. The minimum Gasteiger partial charge on any atom is -0.339 e. The van der Waals surface area contributed by atoms with E-state index in [4.69, 9.17) is 10.3 Å². The van der Waals surface area contributed by atoms with Gasteiger partial charge in [-0.25, -0.2) is 0 Å². The lowest BCUT2D eigenvalue weighted by Crippen LogP contribution is -2.17. The van der Waals surface area contributed by atoms with E-state index in [0.717, 1.165) is 23.6 Å². The molecule has 1 saturated carbocycles. The van der Waals surface area contributed by atoms with E-state index in [1.54, 1.807) is 0 Å². The molecular formula is C16H21N3OS. The van der Waals surface area contributed by atoms with Gasteiger partial charge < -0.3 is 10.3 Å². The molecule has 1 aliphatic rings. The highest BCUT2D eigenvalue weighted by molar-refractivity contribution is 7.99. The summed E-state index contributed by atoms with van der Waals surface area (Å²) < 4.78 is 5.49. The number of thioether (sulfide) groups is 1. The maximum absolute atomic E-state index is 5.83. The summed E-state index contributed by atoms with van der Waals surface area (Å²) in [6.45, 7) is 2.85. The van der Waals surface area contributed by atoms with Gasteiger partial charge >= 0.3 is 0 Å². The minimum absolute atomic E-state index is 0.339. The average molecular weight is 303 g/mol. The van der Waals surface area contributed by atoms with Gasteiger partial charge in [-0.1, -0.05) is 18.5 Å². The molecule has 0 amide bonds. The maximum atomic E-state index is 5.83. The van der Waals surface area contributed by atoms with Crippen LogP contribution in [0.15, 0.2) is 33.7 Å². The van der Waals surface area contributed by atoms with Crippen LogP contribution < -0.4 is 5.73 Å². The van der Waals surface area contributed by atoms with Gasteiger partial charge in [0.25, 0.3) is 0 Å². The van der Waals surface area contributed by atoms with Crippen molar-refractivity contribution in [1.82, 2.24) is 10.1 Å². The zero-order valence-corrected chi connectivity index (χ0v) is 13.1. The van der Waals surface area contributed by atoms with Gasteiger partial charge in [0.15, 0.2) is 0 Å². The summed E-state index contributed by atoms with van der Waals surface area (Å²) in [5, 5.41) is 4.14. The molecule has 1 heterocycles. The second-order valence-corrected chi connectivity index (χ2v) is 6.78. The molecule has 3 rings (SSSR count). The topological polar surface area (TPSA) is 64.9 Å². The van der Waals surface area contributed by atoms with Crippen molar-refractivity contribution in [3.05, 3.63) is 30.2 Å². The fourth-order valence-corrected chi connectivity index (χ4v) is 3.68. The lowest BCUT2D eigenvalue weighted by atomic mass is 9.96. The van der Waals surface area contributed by atoms with E-state index in [9.17, 15) is 0 Å². The van der Waals surface area contributed by atoms with Gasteiger partial charge in [-0.15, -0.1) is 11.8 Å². The van der Waals surface area contributed by atoms with Gasteiger partial charge in [0, 0.05) is 16.4 Å². The number of benzene rings is 1. The Morgan fingerprint density at radius 2 is 2.10 bits per heavy atom. The Bertz CT molecular complexity index is 581. The molecule has 1 aromatic carbocycles. The van der Waals surface area contributed by atoms with Crippen molar-refractivity contribution in [2.75, 3.05) is 12.3 Å². The highest BCUT2D eigenvalue weighted by atomic mass is 32.2. The number of aromatic nitrogens is 2. The summed E-state index contributed by atoms with van der Waals surface area (Å²) >= 11 is 1.83. The molecule has 1 fully saturated rings. The van der Waals surface area contributed by atoms with Crippen LogP contribution in [0.1, 0.15) is 38.0 Å². The van der Waals surface area contributed by atoms with Gasteiger partial charge in [-0.05, 0) is 55.3 Å². The predicted molar refractivity (Wildman–Crippen MR) is 85.3 cm³/mol. The van der Waals surface area contributed by atoms with Crippen molar-refractivity contribution in [3.8, 4) is 11.4 Å². The largest absolute Gasteiger partial charge is 0.339 e. The molecule has 2 unspecified atom stereocenters. The number of hydrogen-bond donors (Lipinski definition) is 1. The highest BCUT2D eigenvalue weighted by Crippen LogP contribution is 2.38. The van der Waals surface area contributed by atoms with Crippen LogP contribution in [0.3, 0.4) is 0 Å². The summed E-state index contributed by atoms with van der Waals surface area (Å²) in [4.78, 5) is 5.86. The third-order valence-corrected chi connectivity index (χ3v) is 5.04. The normalized spacial score (nSPS) is 21.8. The van der Waals surface area contributed by atoms with Gasteiger partial charge in [-0.2, -0.15) is 4.98 Å². The Hall–Kier alpha value is -1.33. The van der Waals surface area contributed by atoms with Gasteiger partial charge in [0.05, 0.1) is 0 Å². The number of hydrogen-bond acceptors (Lipinski definition) is 5. The Morgan fingerprint density at radius 1 is 1.29 bits per heavy atom. The summed E-state index contributed by atoms with van der Waals surface area (Å²) in [7, 11) is 0. The SMILES string of the molecule is CCSc1ccc(-c2noc(C3CCCC3CN)n2)cc1. The Balaban J connectivity index is 1.78. The van der Waals surface area contributed by atoms with Crippen LogP contribution in [0, 0.1) is 5.92 Å². The van der Waals surface area contributed by atoms with Crippen molar-refractivity contribution in [2.24, 2.45) is 11.7 Å². The number of rotatable bonds is 5. The number of nitrogens with two attached hydrogens (primary N) is 1. The van der Waals surface area contributed by atoms with Gasteiger partial charge in [-0.3, -0.25) is 0 Å². The third kappa shape index (κ3) is 3.14. The lowest BCUT2D eigenvalue weighted by molar-refractivity contribution is 0.326. The molecule has 21 heavy (non-hydrogen) atoms. The standard InChI is InChI=1S/C16H21N3OS/c1-2-21-13-8-6-11(7-9-13)15-18-16(20-19-15)14-5-3-4-12(14)10-17/h6-9,12,14H,2-5,10,17H2,1H3. The van der Waals surface area contributed by atoms with Crippen LogP contribution >= 0.6 is 11.8 Å². The van der Waals surface area contributed by atoms with E-state index < -0.39 is 0 Å². The van der Waals surface area contributed by atoms with Crippen LogP contribution in [0.25, 0.3) is 11.4 Å². The summed E-state index contributed by atoms with van der Waals surface area (Å²) in [5.74, 6) is 3.34. The van der Waals surface area contributed by atoms with Crippen LogP contribution in [0.2, 0.25) is 0 Å². The van der Waals surface area contributed by atoms with Crippen LogP contribution in [0.4, 0.5) is 0 Å². The molecule has 112 valence electrons. The quantitative estimate of drug-likeness (QED) is 0.853. The first-order chi connectivity index (χ1) is 10.3. The van der Waals surface area contributed by atoms with Gasteiger partial charge in [0.1, 0.15) is 0 Å². The fourth-order valence-electron chi connectivity index (χ4n) is 3.01. The van der Waals surface area contributed by atoms with E-state index in [1.807, 2.05) is 11.8 Å². The molecule has 0 radical (unpaired) electrons. The molecule has 2 atom stereocenters. The first-order valence-corrected chi connectivity index (χ1v) is 8.57. The van der Waals surface area contributed by atoms with E-state index >= 15 is 0 Å². The molecule has 0 spiro atoms. The molecule has 2 aromatic rings. The van der Waals surface area contributed by atoms with Crippen LogP contribution in [-0.4, -0.2) is 22.4 Å². The molecule has 1 aromatic heterocycles. The molecule has 5 heteroatoms. The third-order valence-electron chi connectivity index (χ3n) is 4.14. The summed E-state index contributed by atoms with van der Waals surface area (Å²) in [6, 6.07) is 8.33. The molecule has 2 N–H and O–H groups in total. The van der Waals surface area contributed by atoms with Crippen molar-refractivity contribution in [3.63, 3.8) is 0 Å². The van der Waals surface area contributed by atoms with Crippen LogP contribution in [-0.2, 0) is 0 Å². The van der Waals surface area contributed by atoms with E-state index in [0.29, 0.717) is 24.2 Å². The van der Waals surface area contributed by atoms with E-state index in [1.165, 1.54) is 17.7 Å². The Morgan fingerprint density at radius 3 is 2.81 bits per heavy atom. The Kier molecular flexibility index (Phi) is 4.60. The highest BCUT2D eigenvalue weighted by Gasteiger charge is 2.31. The predicted octanol–water partition coefficient (Wildman–Crippen LogP) is 3.69. The van der Waals surface area contributed by atoms with Crippen LogP contribution in [0.5, 0.6) is 0 Å². The number of nitrogens with zero attached hydrogens (tertiary/aromatic N) is 2. The maximum Gasteiger partial charge on any atom is 0.230 e. The molecular weight excluding hydrogens is 282 g/mol. The zero-order chi connectivity index (χ0) is 14.7. The monoisotopic (exact) mass is 303 g/mol. The second kappa shape index (κ2) is 6.62. The lowest BCUT2D eigenvalue weighted by Gasteiger charge is -2.12. The average Bonchev–Trinajstić information content (AvgIpc) is 3.17. The van der Waals surface area contributed by atoms with Crippen molar-refractivity contribution in [2.45, 2.75) is 37.0 Å². The molecule has 0 aliphatic heterocycles. The minimum atomic E-state index is 0.339. The molecule has 0 saturated heterocycles. The zero-order valence-electron chi connectivity index (χ0n) is 12.3. The van der Waals surface area contributed by atoms with Crippen molar-refractivity contribution < 1.29 is 4.52 Å². The summed E-state index contributed by atoms with van der Waals surface area (Å²) in [5.41, 5.74) is 6.84. The van der Waals surface area contributed by atoms with Crippen molar-refractivity contribution >= 4 is 11.8 Å². The first-order valence-electron chi connectivity index (χ1n) is 7.58.